The second-order valence-corrected chi connectivity index (χ2v) is 10.4. The Kier molecular flexibility index (Phi) is 7.88. The van der Waals surface area contributed by atoms with Crippen LogP contribution in [0, 0.1) is 0 Å². The van der Waals surface area contributed by atoms with Gasteiger partial charge in [-0.3, -0.25) is 25.2 Å². The second-order valence-electron chi connectivity index (χ2n) is 9.49. The van der Waals surface area contributed by atoms with Crippen molar-refractivity contribution >= 4 is 34.7 Å². The second kappa shape index (κ2) is 12.4. The number of para-hydroxylation sites is 1. The molecule has 3 amide bonds. The number of benzene rings is 4. The number of anilines is 1. The van der Waals surface area contributed by atoms with Crippen molar-refractivity contribution in [1.82, 2.24) is 20.6 Å². The molecule has 0 aliphatic rings. The molecular formula is C34H25N5O3S. The normalized spacial score (nSPS) is 10.6. The van der Waals surface area contributed by atoms with E-state index in [9.17, 15) is 14.4 Å². The van der Waals surface area contributed by atoms with Gasteiger partial charge >= 0.3 is 0 Å². The maximum atomic E-state index is 12.9. The lowest BCUT2D eigenvalue weighted by Crippen LogP contribution is -2.41. The molecule has 0 fully saturated rings. The van der Waals surface area contributed by atoms with Gasteiger partial charge in [-0.05, 0) is 53.9 Å². The van der Waals surface area contributed by atoms with Crippen LogP contribution < -0.4 is 16.2 Å². The van der Waals surface area contributed by atoms with Crippen molar-refractivity contribution in [3.8, 4) is 28.2 Å². The maximum absolute atomic E-state index is 12.9. The van der Waals surface area contributed by atoms with Crippen LogP contribution in [0.2, 0.25) is 0 Å². The number of nitrogens with zero attached hydrogens (tertiary/aromatic N) is 2. The predicted octanol–water partition coefficient (Wildman–Crippen LogP) is 6.59. The molecule has 8 nitrogen and oxygen atoms in total. The maximum Gasteiger partial charge on any atom is 0.271 e. The van der Waals surface area contributed by atoms with Crippen LogP contribution in [0.3, 0.4) is 0 Å². The van der Waals surface area contributed by atoms with E-state index in [1.807, 2.05) is 71.4 Å². The van der Waals surface area contributed by atoms with E-state index in [0.717, 1.165) is 28.2 Å². The lowest BCUT2D eigenvalue weighted by Gasteiger charge is -2.12. The Morgan fingerprint density at radius 3 is 1.98 bits per heavy atom. The molecule has 0 unspecified atom stereocenters. The van der Waals surface area contributed by atoms with Crippen molar-refractivity contribution in [3.05, 3.63) is 149 Å². The van der Waals surface area contributed by atoms with Crippen LogP contribution in [0.4, 0.5) is 5.69 Å². The summed E-state index contributed by atoms with van der Waals surface area (Å²) < 4.78 is 1.85. The van der Waals surface area contributed by atoms with Gasteiger partial charge in [-0.15, -0.1) is 11.3 Å². The molecule has 43 heavy (non-hydrogen) atoms. The highest BCUT2D eigenvalue weighted by molar-refractivity contribution is 7.12. The quantitative estimate of drug-likeness (QED) is 0.184. The zero-order valence-corrected chi connectivity index (χ0v) is 23.5. The Bertz CT molecular complexity index is 1880. The summed E-state index contributed by atoms with van der Waals surface area (Å²) in [5.41, 5.74) is 10.3. The molecule has 2 aromatic heterocycles. The van der Waals surface area contributed by atoms with Crippen molar-refractivity contribution in [1.29, 1.82) is 0 Å². The van der Waals surface area contributed by atoms with E-state index in [2.05, 4.69) is 16.2 Å². The summed E-state index contributed by atoms with van der Waals surface area (Å²) in [6.45, 7) is 0. The van der Waals surface area contributed by atoms with Crippen LogP contribution >= 0.6 is 11.3 Å². The zero-order valence-electron chi connectivity index (χ0n) is 22.7. The number of nitrogens with one attached hydrogen (secondary N) is 3. The average Bonchev–Trinajstić information content (AvgIpc) is 3.76. The first-order chi connectivity index (χ1) is 21.1. The molecular weight excluding hydrogens is 558 g/mol. The molecule has 3 N–H and O–H groups in total. The third kappa shape index (κ3) is 6.12. The van der Waals surface area contributed by atoms with Crippen molar-refractivity contribution in [2.24, 2.45) is 0 Å². The van der Waals surface area contributed by atoms with E-state index in [4.69, 9.17) is 5.10 Å². The van der Waals surface area contributed by atoms with E-state index in [1.54, 1.807) is 66.0 Å². The molecule has 0 spiro atoms. The molecule has 4 aromatic carbocycles. The fraction of sp³-hybridized carbons (Fsp3) is 0. The van der Waals surface area contributed by atoms with E-state index < -0.39 is 11.8 Å². The highest BCUT2D eigenvalue weighted by Crippen LogP contribution is 2.29. The topological polar surface area (TPSA) is 105 Å². The minimum absolute atomic E-state index is 0.212. The Balaban J connectivity index is 1.17. The largest absolute Gasteiger partial charge is 0.321 e. The average molecular weight is 584 g/mol. The van der Waals surface area contributed by atoms with Gasteiger partial charge in [-0.25, -0.2) is 4.68 Å². The minimum Gasteiger partial charge on any atom is -0.321 e. The van der Waals surface area contributed by atoms with Crippen LogP contribution in [-0.4, -0.2) is 27.5 Å². The predicted molar refractivity (Wildman–Crippen MR) is 168 cm³/mol. The van der Waals surface area contributed by atoms with Gasteiger partial charge in [-0.1, -0.05) is 78.9 Å². The first-order valence-electron chi connectivity index (χ1n) is 13.4. The summed E-state index contributed by atoms with van der Waals surface area (Å²) in [5.74, 6) is -1.37. The number of amides is 3. The van der Waals surface area contributed by atoms with Gasteiger partial charge in [0.15, 0.2) is 0 Å². The summed E-state index contributed by atoms with van der Waals surface area (Å²) in [4.78, 5) is 38.8. The summed E-state index contributed by atoms with van der Waals surface area (Å²) in [5, 5.41) is 9.42. The molecule has 0 aliphatic carbocycles. The van der Waals surface area contributed by atoms with E-state index >= 15 is 0 Å². The monoisotopic (exact) mass is 583 g/mol. The number of carbonyl (C=O) groups excluding carboxylic acids is 3. The molecule has 6 rings (SSSR count). The lowest BCUT2D eigenvalue weighted by molar-refractivity contribution is 0.0847. The standard InChI is InChI=1S/C34H25N5O3S/c40-32(36-37-33(41)27-14-7-8-15-28(27)35-34(42)31-16-9-21-43-31)25-17-19-26(20-18-25)39-30(24-12-5-2-6-13-24)22-29(38-39)23-10-3-1-4-11-23/h1-22H,(H,35,42)(H,36,40)(H,37,41). The van der Waals surface area contributed by atoms with E-state index in [0.29, 0.717) is 16.1 Å². The van der Waals surface area contributed by atoms with Crippen molar-refractivity contribution in [2.75, 3.05) is 5.32 Å². The molecule has 0 atom stereocenters. The van der Waals surface area contributed by atoms with Crippen LogP contribution in [-0.2, 0) is 0 Å². The molecule has 2 heterocycles. The SMILES string of the molecule is O=C(NNC(=O)c1ccccc1NC(=O)c1cccs1)c1ccc(-n2nc(-c3ccccc3)cc2-c2ccccc2)cc1. The molecule has 9 heteroatoms. The Hall–Kier alpha value is -5.80. The summed E-state index contributed by atoms with van der Waals surface area (Å²) >= 11 is 1.30. The van der Waals surface area contributed by atoms with E-state index in [1.165, 1.54) is 11.3 Å². The molecule has 0 aliphatic heterocycles. The number of thiophene rings is 1. The van der Waals surface area contributed by atoms with Gasteiger partial charge in [0.1, 0.15) is 0 Å². The number of hydrogen-bond acceptors (Lipinski definition) is 5. The van der Waals surface area contributed by atoms with Gasteiger partial charge in [-0.2, -0.15) is 5.10 Å². The number of hydrogen-bond donors (Lipinski definition) is 3. The fourth-order valence-electron chi connectivity index (χ4n) is 4.53. The van der Waals surface area contributed by atoms with Crippen LogP contribution in [0.1, 0.15) is 30.4 Å². The number of carbonyl (C=O) groups is 3. The third-order valence-electron chi connectivity index (χ3n) is 6.68. The Morgan fingerprint density at radius 1 is 0.628 bits per heavy atom. The van der Waals surface area contributed by atoms with Gasteiger partial charge in [0.05, 0.1) is 33.2 Å². The molecule has 0 saturated carbocycles. The van der Waals surface area contributed by atoms with Crippen molar-refractivity contribution < 1.29 is 14.4 Å². The van der Waals surface area contributed by atoms with Gasteiger partial charge in [0.2, 0.25) is 0 Å². The molecule has 6 aromatic rings. The number of aromatic nitrogens is 2. The molecule has 0 saturated heterocycles. The Morgan fingerprint density at radius 2 is 1.28 bits per heavy atom. The first-order valence-corrected chi connectivity index (χ1v) is 14.3. The minimum atomic E-state index is -0.565. The molecule has 210 valence electrons. The highest BCUT2D eigenvalue weighted by Gasteiger charge is 2.17. The summed E-state index contributed by atoms with van der Waals surface area (Å²) in [6, 6.07) is 39.0. The highest BCUT2D eigenvalue weighted by atomic mass is 32.1. The van der Waals surface area contributed by atoms with Gasteiger partial charge in [0.25, 0.3) is 17.7 Å². The van der Waals surface area contributed by atoms with Crippen LogP contribution in [0.15, 0.2) is 133 Å². The smallest absolute Gasteiger partial charge is 0.271 e. The fourth-order valence-corrected chi connectivity index (χ4v) is 5.15. The molecule has 0 bridgehead atoms. The summed E-state index contributed by atoms with van der Waals surface area (Å²) in [7, 11) is 0. The van der Waals surface area contributed by atoms with Crippen molar-refractivity contribution in [3.63, 3.8) is 0 Å². The van der Waals surface area contributed by atoms with Gasteiger partial charge < -0.3 is 5.32 Å². The Labute approximate surface area is 251 Å². The van der Waals surface area contributed by atoms with Crippen molar-refractivity contribution in [2.45, 2.75) is 0 Å². The number of hydrazine groups is 1. The third-order valence-corrected chi connectivity index (χ3v) is 7.55. The van der Waals surface area contributed by atoms with Crippen LogP contribution in [0.25, 0.3) is 28.2 Å². The van der Waals surface area contributed by atoms with E-state index in [-0.39, 0.29) is 11.5 Å². The molecule has 0 radical (unpaired) electrons. The number of rotatable bonds is 7. The first kappa shape index (κ1) is 27.4. The van der Waals surface area contributed by atoms with Crippen LogP contribution in [0.5, 0.6) is 0 Å². The lowest BCUT2D eigenvalue weighted by atomic mass is 10.1. The zero-order chi connectivity index (χ0) is 29.6. The van der Waals surface area contributed by atoms with Gasteiger partial charge in [0, 0.05) is 16.7 Å². The summed E-state index contributed by atoms with van der Waals surface area (Å²) in [6.07, 6.45) is 0.